The molecule has 0 atom stereocenters. The van der Waals surface area contributed by atoms with Crippen molar-refractivity contribution in [3.8, 4) is 0 Å². The van der Waals surface area contributed by atoms with Crippen LogP contribution < -0.4 is 0 Å². The first-order valence-electron chi connectivity index (χ1n) is 5.32. The van der Waals surface area contributed by atoms with Crippen LogP contribution in [0.25, 0.3) is 0 Å². The van der Waals surface area contributed by atoms with E-state index in [0.29, 0.717) is 25.4 Å². The fourth-order valence-corrected chi connectivity index (χ4v) is 1.45. The molecule has 2 N–H and O–H groups in total. The van der Waals surface area contributed by atoms with Gasteiger partial charge in [-0.15, -0.1) is 0 Å². The molecule has 0 spiro atoms. The number of furan rings is 1. The fourth-order valence-electron chi connectivity index (χ4n) is 1.45. The molecule has 0 saturated heterocycles. The Morgan fingerprint density at radius 3 is 2.53 bits per heavy atom. The van der Waals surface area contributed by atoms with Gasteiger partial charge in [-0.1, -0.05) is 0 Å². The molecule has 0 aliphatic rings. The largest absolute Gasteiger partial charge is 0.463 e. The summed E-state index contributed by atoms with van der Waals surface area (Å²) in [5.74, 6) is 0.217. The average Bonchev–Trinajstić information content (AvgIpc) is 2.77. The normalized spacial score (nSPS) is 10.8. The monoisotopic (exact) mass is 243 g/mol. The average molecular weight is 243 g/mol. The van der Waals surface area contributed by atoms with Crippen molar-refractivity contribution in [2.75, 3.05) is 33.4 Å². The molecule has 1 aromatic heterocycles. The van der Waals surface area contributed by atoms with E-state index in [4.69, 9.17) is 14.6 Å². The second kappa shape index (κ2) is 7.05. The number of esters is 1. The Hall–Kier alpha value is -1.37. The second-order valence-corrected chi connectivity index (χ2v) is 3.48. The number of hydrogen-bond acceptors (Lipinski definition) is 6. The van der Waals surface area contributed by atoms with Crippen molar-refractivity contribution >= 4 is 5.97 Å². The lowest BCUT2D eigenvalue weighted by Crippen LogP contribution is -2.29. The third-order valence-corrected chi connectivity index (χ3v) is 2.26. The number of carbonyl (C=O) groups is 1. The lowest BCUT2D eigenvalue weighted by atomic mass is 10.3. The van der Waals surface area contributed by atoms with Crippen LogP contribution in [0.2, 0.25) is 0 Å². The lowest BCUT2D eigenvalue weighted by molar-refractivity contribution is 0.0559. The van der Waals surface area contributed by atoms with E-state index in [1.807, 2.05) is 4.90 Å². The predicted molar refractivity (Wildman–Crippen MR) is 59.5 cm³/mol. The van der Waals surface area contributed by atoms with E-state index < -0.39 is 5.97 Å². The molecule has 1 aromatic rings. The molecule has 96 valence electrons. The maximum atomic E-state index is 11.2. The summed E-state index contributed by atoms with van der Waals surface area (Å²) >= 11 is 0. The Morgan fingerprint density at radius 2 is 2.00 bits per heavy atom. The maximum Gasteiger partial charge on any atom is 0.373 e. The molecule has 0 radical (unpaired) electrons. The molecule has 0 aromatic carbocycles. The lowest BCUT2D eigenvalue weighted by Gasteiger charge is -2.18. The summed E-state index contributed by atoms with van der Waals surface area (Å²) in [6.07, 6.45) is 0. The van der Waals surface area contributed by atoms with E-state index in [0.717, 1.165) is 0 Å². The smallest absolute Gasteiger partial charge is 0.373 e. The van der Waals surface area contributed by atoms with Gasteiger partial charge in [0, 0.05) is 13.1 Å². The Labute approximate surface area is 99.4 Å². The summed E-state index contributed by atoms with van der Waals surface area (Å²) < 4.78 is 9.80. The van der Waals surface area contributed by atoms with Gasteiger partial charge in [0.05, 0.1) is 26.9 Å². The van der Waals surface area contributed by atoms with E-state index in [1.54, 1.807) is 6.07 Å². The number of aliphatic hydroxyl groups is 2. The predicted octanol–water partition coefficient (Wildman–Crippen LogP) is -0.147. The van der Waals surface area contributed by atoms with Gasteiger partial charge in [-0.2, -0.15) is 0 Å². The van der Waals surface area contributed by atoms with Crippen LogP contribution in [0.15, 0.2) is 16.5 Å². The highest BCUT2D eigenvalue weighted by Gasteiger charge is 2.13. The van der Waals surface area contributed by atoms with Crippen LogP contribution in [0.5, 0.6) is 0 Å². The summed E-state index contributed by atoms with van der Waals surface area (Å²) in [7, 11) is 1.29. The first-order chi connectivity index (χ1) is 8.21. The molecule has 0 bridgehead atoms. The van der Waals surface area contributed by atoms with Crippen LogP contribution in [0.1, 0.15) is 16.3 Å². The molecule has 6 nitrogen and oxygen atoms in total. The number of carbonyl (C=O) groups excluding carboxylic acids is 1. The molecular formula is C11H17NO5. The fraction of sp³-hybridized carbons (Fsp3) is 0.545. The standard InChI is InChI=1S/C11H17NO5/c1-16-11(15)10-3-2-9(17-10)8-12(4-6-13)5-7-14/h2-3,13-14H,4-8H2,1H3. The molecule has 0 amide bonds. The van der Waals surface area contributed by atoms with Gasteiger partial charge in [0.25, 0.3) is 0 Å². The van der Waals surface area contributed by atoms with Crippen LogP contribution >= 0.6 is 0 Å². The topological polar surface area (TPSA) is 83.1 Å². The summed E-state index contributed by atoms with van der Waals surface area (Å²) in [6, 6.07) is 3.21. The molecule has 0 aliphatic carbocycles. The van der Waals surface area contributed by atoms with Crippen molar-refractivity contribution in [3.63, 3.8) is 0 Å². The van der Waals surface area contributed by atoms with Gasteiger partial charge >= 0.3 is 5.97 Å². The van der Waals surface area contributed by atoms with Crippen LogP contribution in [0, 0.1) is 0 Å². The Kier molecular flexibility index (Phi) is 5.68. The molecule has 6 heteroatoms. The van der Waals surface area contributed by atoms with E-state index >= 15 is 0 Å². The summed E-state index contributed by atoms with van der Waals surface area (Å²) in [5.41, 5.74) is 0. The number of hydrogen-bond donors (Lipinski definition) is 2. The van der Waals surface area contributed by atoms with Crippen molar-refractivity contribution in [1.29, 1.82) is 0 Å². The van der Waals surface area contributed by atoms with E-state index in [2.05, 4.69) is 4.74 Å². The third-order valence-electron chi connectivity index (χ3n) is 2.26. The minimum Gasteiger partial charge on any atom is -0.463 e. The summed E-state index contributed by atoms with van der Waals surface area (Å²) in [4.78, 5) is 13.0. The zero-order valence-electron chi connectivity index (χ0n) is 9.76. The van der Waals surface area contributed by atoms with Gasteiger partial charge in [0.15, 0.2) is 0 Å². The van der Waals surface area contributed by atoms with Gasteiger partial charge in [-0.05, 0) is 12.1 Å². The number of aliphatic hydroxyl groups excluding tert-OH is 2. The highest BCUT2D eigenvalue weighted by atomic mass is 16.5. The van der Waals surface area contributed by atoms with Crippen molar-refractivity contribution < 1.29 is 24.2 Å². The van der Waals surface area contributed by atoms with Gasteiger partial charge < -0.3 is 19.4 Å². The van der Waals surface area contributed by atoms with Crippen molar-refractivity contribution in [2.45, 2.75) is 6.54 Å². The zero-order chi connectivity index (χ0) is 12.7. The molecule has 0 fully saturated rings. The number of nitrogens with zero attached hydrogens (tertiary/aromatic N) is 1. The number of rotatable bonds is 7. The molecule has 1 heterocycles. The van der Waals surface area contributed by atoms with E-state index in [9.17, 15) is 4.79 Å². The van der Waals surface area contributed by atoms with Gasteiger partial charge in [0.1, 0.15) is 5.76 Å². The van der Waals surface area contributed by atoms with Crippen molar-refractivity contribution in [1.82, 2.24) is 4.90 Å². The highest BCUT2D eigenvalue weighted by molar-refractivity contribution is 5.86. The van der Waals surface area contributed by atoms with Crippen LogP contribution in [-0.4, -0.2) is 54.5 Å². The molecule has 1 rings (SSSR count). The first kappa shape index (κ1) is 13.7. The second-order valence-electron chi connectivity index (χ2n) is 3.48. The maximum absolute atomic E-state index is 11.2. The zero-order valence-corrected chi connectivity index (χ0v) is 9.76. The van der Waals surface area contributed by atoms with Crippen LogP contribution in [0.4, 0.5) is 0 Å². The first-order valence-corrected chi connectivity index (χ1v) is 5.32. The number of methoxy groups -OCH3 is 1. The van der Waals surface area contributed by atoms with E-state index in [1.165, 1.54) is 13.2 Å². The van der Waals surface area contributed by atoms with E-state index in [-0.39, 0.29) is 19.0 Å². The SMILES string of the molecule is COC(=O)c1ccc(CN(CCO)CCO)o1. The van der Waals surface area contributed by atoms with Gasteiger partial charge in [-0.3, -0.25) is 4.90 Å². The Bertz CT molecular complexity index is 343. The molecule has 0 saturated carbocycles. The molecule has 0 unspecified atom stereocenters. The Morgan fingerprint density at radius 1 is 1.35 bits per heavy atom. The van der Waals surface area contributed by atoms with Crippen LogP contribution in [0.3, 0.4) is 0 Å². The highest BCUT2D eigenvalue weighted by Crippen LogP contribution is 2.11. The van der Waals surface area contributed by atoms with Gasteiger partial charge in [0.2, 0.25) is 5.76 Å². The quantitative estimate of drug-likeness (QED) is 0.648. The third kappa shape index (κ3) is 4.18. The molecule has 17 heavy (non-hydrogen) atoms. The van der Waals surface area contributed by atoms with Crippen LogP contribution in [-0.2, 0) is 11.3 Å². The van der Waals surface area contributed by atoms with Crippen molar-refractivity contribution in [3.05, 3.63) is 23.7 Å². The minimum absolute atomic E-state index is 0.00453. The summed E-state index contributed by atoms with van der Waals surface area (Å²) in [5, 5.41) is 17.7. The molecular weight excluding hydrogens is 226 g/mol. The summed E-state index contributed by atoms with van der Waals surface area (Å²) in [6.45, 7) is 1.32. The Balaban J connectivity index is 2.60. The minimum atomic E-state index is -0.521. The van der Waals surface area contributed by atoms with Gasteiger partial charge in [-0.25, -0.2) is 4.79 Å². The van der Waals surface area contributed by atoms with Crippen molar-refractivity contribution in [2.24, 2.45) is 0 Å². The molecule has 0 aliphatic heterocycles. The number of ether oxygens (including phenoxy) is 1.